The van der Waals surface area contributed by atoms with Crippen LogP contribution < -0.4 is 15.5 Å². The highest BCUT2D eigenvalue weighted by Crippen LogP contribution is 2.34. The number of nitrogens with one attached hydrogen (secondary N) is 2. The van der Waals surface area contributed by atoms with Crippen molar-refractivity contribution in [2.45, 2.75) is 6.04 Å². The fourth-order valence-electron chi connectivity index (χ4n) is 3.98. The third-order valence-electron chi connectivity index (χ3n) is 5.45. The third kappa shape index (κ3) is 4.47. The summed E-state index contributed by atoms with van der Waals surface area (Å²) >= 11 is 6.10. The molecule has 1 saturated heterocycles. The van der Waals surface area contributed by atoms with Gasteiger partial charge >= 0.3 is 0 Å². The molecule has 0 bridgehead atoms. The van der Waals surface area contributed by atoms with E-state index in [-0.39, 0.29) is 0 Å². The Balaban J connectivity index is 1.49. The monoisotopic (exact) mass is 413 g/mol. The minimum Gasteiger partial charge on any atom is -0.363 e. The minimum absolute atomic E-state index is 0.336. The highest BCUT2D eigenvalue weighted by atomic mass is 35.5. The van der Waals surface area contributed by atoms with Crippen molar-refractivity contribution in [1.29, 1.82) is 0 Å². The van der Waals surface area contributed by atoms with E-state index in [2.05, 4.69) is 68.1 Å². The zero-order chi connectivity index (χ0) is 20.4. The van der Waals surface area contributed by atoms with Crippen molar-refractivity contribution in [3.63, 3.8) is 0 Å². The predicted molar refractivity (Wildman–Crippen MR) is 120 cm³/mol. The molecule has 2 N–H and O–H groups in total. The maximum absolute atomic E-state index is 6.10. The predicted octanol–water partition coefficient (Wildman–Crippen LogP) is 2.91. The largest absolute Gasteiger partial charge is 0.363 e. The lowest BCUT2D eigenvalue weighted by molar-refractivity contribution is 0.153. The lowest BCUT2D eigenvalue weighted by Crippen LogP contribution is -2.49. The Morgan fingerprint density at radius 2 is 1.86 bits per heavy atom. The Morgan fingerprint density at radius 3 is 2.55 bits per heavy atom. The van der Waals surface area contributed by atoms with E-state index in [0.717, 1.165) is 60.8 Å². The summed E-state index contributed by atoms with van der Waals surface area (Å²) in [6.07, 6.45) is 1.63. The SMILES string of the molecule is C=C1CNc2ncnc(N3CCN(C(CN(C)C)c4ccc(Cl)cc4)CC3)c2N1. The summed E-state index contributed by atoms with van der Waals surface area (Å²) in [6, 6.07) is 8.59. The van der Waals surface area contributed by atoms with Crippen molar-refractivity contribution in [1.82, 2.24) is 19.8 Å². The van der Waals surface area contributed by atoms with Crippen molar-refractivity contribution in [2.24, 2.45) is 0 Å². The highest BCUT2D eigenvalue weighted by molar-refractivity contribution is 6.30. The summed E-state index contributed by atoms with van der Waals surface area (Å²) in [6.45, 7) is 9.44. The molecular formula is C21H28ClN7. The molecule has 1 fully saturated rings. The van der Waals surface area contributed by atoms with Gasteiger partial charge in [0.05, 0.1) is 6.54 Å². The molecule has 0 spiro atoms. The van der Waals surface area contributed by atoms with Crippen LogP contribution in [0.25, 0.3) is 0 Å². The van der Waals surface area contributed by atoms with Crippen molar-refractivity contribution in [3.05, 3.63) is 53.5 Å². The molecule has 1 atom stereocenters. The van der Waals surface area contributed by atoms with Crippen LogP contribution >= 0.6 is 11.6 Å². The Morgan fingerprint density at radius 1 is 1.14 bits per heavy atom. The first kappa shape index (κ1) is 19.9. The first-order valence-corrected chi connectivity index (χ1v) is 10.3. The smallest absolute Gasteiger partial charge is 0.158 e. The van der Waals surface area contributed by atoms with Gasteiger partial charge < -0.3 is 20.4 Å². The summed E-state index contributed by atoms with van der Waals surface area (Å²) in [5.74, 6) is 1.79. The fourth-order valence-corrected chi connectivity index (χ4v) is 4.11. The number of nitrogens with zero attached hydrogens (tertiary/aromatic N) is 5. The summed E-state index contributed by atoms with van der Waals surface area (Å²) < 4.78 is 0. The summed E-state index contributed by atoms with van der Waals surface area (Å²) in [4.78, 5) is 16.0. The molecule has 2 aliphatic rings. The van der Waals surface area contributed by atoms with Crippen LogP contribution in [-0.4, -0.2) is 73.1 Å². The number of halogens is 1. The van der Waals surface area contributed by atoms with Crippen molar-refractivity contribution >= 4 is 28.9 Å². The van der Waals surface area contributed by atoms with Crippen LogP contribution in [0.15, 0.2) is 42.9 Å². The second kappa shape index (κ2) is 8.57. The normalized spacial score (nSPS) is 18.2. The molecule has 154 valence electrons. The van der Waals surface area contributed by atoms with Gasteiger partial charge in [0.15, 0.2) is 11.6 Å². The van der Waals surface area contributed by atoms with E-state index in [4.69, 9.17) is 11.6 Å². The van der Waals surface area contributed by atoms with Gasteiger partial charge in [0.25, 0.3) is 0 Å². The van der Waals surface area contributed by atoms with Gasteiger partial charge in [-0.1, -0.05) is 30.3 Å². The summed E-state index contributed by atoms with van der Waals surface area (Å²) in [5, 5.41) is 7.44. The second-order valence-electron chi connectivity index (χ2n) is 7.86. The van der Waals surface area contributed by atoms with E-state index in [1.54, 1.807) is 6.33 Å². The molecule has 1 unspecified atom stereocenters. The van der Waals surface area contributed by atoms with Gasteiger partial charge in [-0.25, -0.2) is 9.97 Å². The van der Waals surface area contributed by atoms with E-state index in [1.165, 1.54) is 5.56 Å². The molecule has 3 heterocycles. The topological polar surface area (TPSA) is 59.6 Å². The van der Waals surface area contributed by atoms with Crippen LogP contribution in [0.3, 0.4) is 0 Å². The van der Waals surface area contributed by atoms with Crippen LogP contribution in [0, 0.1) is 0 Å². The maximum atomic E-state index is 6.10. The summed E-state index contributed by atoms with van der Waals surface area (Å²) in [7, 11) is 4.25. The number of hydrogen-bond acceptors (Lipinski definition) is 7. The molecule has 2 aliphatic heterocycles. The van der Waals surface area contributed by atoms with Crippen molar-refractivity contribution in [2.75, 3.05) is 68.9 Å². The Kier molecular flexibility index (Phi) is 5.89. The Bertz CT molecular complexity index is 860. The number of likely N-dealkylation sites (N-methyl/N-ethyl adjacent to an activating group) is 1. The number of hydrogen-bond donors (Lipinski definition) is 2. The number of piperazine rings is 1. The molecule has 2 aromatic rings. The standard InChI is InChI=1S/C21H28ClN7/c1-15-12-23-20-19(26-15)21(25-14-24-20)29-10-8-28(9-11-29)18(13-27(2)3)16-4-6-17(22)7-5-16/h4-7,14,18,26H,1,8-13H2,2-3H3,(H,23,24,25). The zero-order valence-corrected chi connectivity index (χ0v) is 17.8. The second-order valence-corrected chi connectivity index (χ2v) is 8.29. The van der Waals surface area contributed by atoms with Gasteiger partial charge in [0.1, 0.15) is 12.0 Å². The van der Waals surface area contributed by atoms with E-state index < -0.39 is 0 Å². The lowest BCUT2D eigenvalue weighted by Gasteiger charge is -2.41. The third-order valence-corrected chi connectivity index (χ3v) is 5.70. The molecule has 8 heteroatoms. The van der Waals surface area contributed by atoms with Crippen LogP contribution in [-0.2, 0) is 0 Å². The minimum atomic E-state index is 0.336. The molecule has 0 radical (unpaired) electrons. The molecule has 1 aromatic heterocycles. The van der Waals surface area contributed by atoms with E-state index in [9.17, 15) is 0 Å². The average Bonchev–Trinajstić information content (AvgIpc) is 2.72. The lowest BCUT2D eigenvalue weighted by atomic mass is 10.0. The van der Waals surface area contributed by atoms with Gasteiger partial charge in [-0.15, -0.1) is 0 Å². The van der Waals surface area contributed by atoms with E-state index in [0.29, 0.717) is 12.6 Å². The molecular weight excluding hydrogens is 386 g/mol. The number of benzene rings is 1. The van der Waals surface area contributed by atoms with Crippen molar-refractivity contribution < 1.29 is 0 Å². The first-order chi connectivity index (χ1) is 14.0. The van der Waals surface area contributed by atoms with Gasteiger partial charge in [0.2, 0.25) is 0 Å². The van der Waals surface area contributed by atoms with Gasteiger partial charge in [0, 0.05) is 49.5 Å². The highest BCUT2D eigenvalue weighted by Gasteiger charge is 2.28. The molecule has 0 saturated carbocycles. The molecule has 7 nitrogen and oxygen atoms in total. The van der Waals surface area contributed by atoms with Crippen molar-refractivity contribution in [3.8, 4) is 0 Å². The van der Waals surface area contributed by atoms with E-state index >= 15 is 0 Å². The average molecular weight is 414 g/mol. The van der Waals surface area contributed by atoms with E-state index in [1.807, 2.05) is 12.1 Å². The van der Waals surface area contributed by atoms with Crippen LogP contribution in [0.2, 0.25) is 5.02 Å². The molecule has 1 aromatic carbocycles. The summed E-state index contributed by atoms with van der Waals surface area (Å²) in [5.41, 5.74) is 3.17. The molecule has 0 amide bonds. The van der Waals surface area contributed by atoms with Crippen LogP contribution in [0.4, 0.5) is 17.3 Å². The molecule has 29 heavy (non-hydrogen) atoms. The van der Waals surface area contributed by atoms with Gasteiger partial charge in [-0.05, 0) is 31.8 Å². The van der Waals surface area contributed by atoms with Crippen LogP contribution in [0.1, 0.15) is 11.6 Å². The Hall–Kier alpha value is -2.35. The molecule has 4 rings (SSSR count). The number of aromatic nitrogens is 2. The van der Waals surface area contributed by atoms with Gasteiger partial charge in [-0.2, -0.15) is 0 Å². The van der Waals surface area contributed by atoms with Gasteiger partial charge in [-0.3, -0.25) is 4.90 Å². The maximum Gasteiger partial charge on any atom is 0.158 e. The number of rotatable bonds is 5. The number of anilines is 3. The molecule has 0 aliphatic carbocycles. The number of fused-ring (bicyclic) bond motifs is 1. The quantitative estimate of drug-likeness (QED) is 0.781. The first-order valence-electron chi connectivity index (χ1n) is 9.94. The zero-order valence-electron chi connectivity index (χ0n) is 17.0. The van der Waals surface area contributed by atoms with Crippen LogP contribution in [0.5, 0.6) is 0 Å². The fraction of sp³-hybridized carbons (Fsp3) is 0.429. The Labute approximate surface area is 177 Å².